The minimum absolute atomic E-state index is 0.00742. The van der Waals surface area contributed by atoms with E-state index in [1.807, 2.05) is 6.07 Å². The fourth-order valence-electron chi connectivity index (χ4n) is 4.65. The standard InChI is InChI=1S/C26H24F3N5O3S/c1-38(36,37)19-8-5-17(6-9-19)20-10-7-18(15-21(20)26(27,28)29)32-24(35)34-25(12-3-2-4-13-25)22-11-14-31-23(16-30)33-22/h5-11,14-15H,2-4,12-13H2,1H3,(H2,32,34,35). The van der Waals surface area contributed by atoms with Gasteiger partial charge >= 0.3 is 12.2 Å². The van der Waals surface area contributed by atoms with Gasteiger partial charge in [-0.25, -0.2) is 23.2 Å². The van der Waals surface area contributed by atoms with E-state index in [0.717, 1.165) is 31.6 Å². The zero-order valence-corrected chi connectivity index (χ0v) is 21.2. The van der Waals surface area contributed by atoms with Crippen LogP contribution in [-0.2, 0) is 21.6 Å². The number of alkyl halides is 3. The van der Waals surface area contributed by atoms with E-state index < -0.39 is 33.1 Å². The summed E-state index contributed by atoms with van der Waals surface area (Å²) in [5, 5.41) is 14.6. The molecule has 0 spiro atoms. The van der Waals surface area contributed by atoms with E-state index >= 15 is 0 Å². The second-order valence-electron chi connectivity index (χ2n) is 9.15. The summed E-state index contributed by atoms with van der Waals surface area (Å²) in [7, 11) is -3.50. The van der Waals surface area contributed by atoms with Crippen LogP contribution in [0.1, 0.15) is 49.2 Å². The first kappa shape index (κ1) is 27.1. The Balaban J connectivity index is 1.61. The maximum absolute atomic E-state index is 14.0. The van der Waals surface area contributed by atoms with E-state index in [9.17, 15) is 31.6 Å². The van der Waals surface area contributed by atoms with Gasteiger partial charge in [-0.2, -0.15) is 18.4 Å². The molecule has 1 saturated carbocycles. The van der Waals surface area contributed by atoms with Gasteiger partial charge in [0.15, 0.2) is 9.84 Å². The predicted molar refractivity (Wildman–Crippen MR) is 134 cm³/mol. The monoisotopic (exact) mass is 543 g/mol. The first-order chi connectivity index (χ1) is 17.9. The molecule has 1 aliphatic carbocycles. The number of aromatic nitrogens is 2. The van der Waals surface area contributed by atoms with Crippen molar-refractivity contribution in [2.45, 2.75) is 48.7 Å². The molecule has 0 atom stereocenters. The fraction of sp³-hybridized carbons (Fsp3) is 0.308. The molecular formula is C26H24F3N5O3S. The SMILES string of the molecule is CS(=O)(=O)c1ccc(-c2ccc(NC(=O)NC3(c4ccnc(C#N)n4)CCCCC3)cc2C(F)(F)F)cc1. The van der Waals surface area contributed by atoms with Crippen molar-refractivity contribution in [1.29, 1.82) is 5.26 Å². The normalized spacial score (nSPS) is 15.3. The molecule has 0 bridgehead atoms. The average Bonchev–Trinajstić information content (AvgIpc) is 2.88. The summed E-state index contributed by atoms with van der Waals surface area (Å²) in [5.74, 6) is -0.0374. The molecule has 1 aliphatic rings. The molecule has 4 rings (SSSR count). The number of nitriles is 1. The van der Waals surface area contributed by atoms with E-state index in [-0.39, 0.29) is 27.5 Å². The molecule has 2 amide bonds. The van der Waals surface area contributed by atoms with E-state index in [1.165, 1.54) is 42.6 Å². The number of nitrogens with one attached hydrogen (secondary N) is 2. The second kappa shape index (κ2) is 10.4. The van der Waals surface area contributed by atoms with E-state index in [0.29, 0.717) is 18.5 Å². The molecule has 38 heavy (non-hydrogen) atoms. The summed E-state index contributed by atoms with van der Waals surface area (Å²) >= 11 is 0. The van der Waals surface area contributed by atoms with E-state index in [4.69, 9.17) is 0 Å². The molecule has 3 aromatic rings. The summed E-state index contributed by atoms with van der Waals surface area (Å²) in [6, 6.07) is 11.3. The van der Waals surface area contributed by atoms with Gasteiger partial charge in [0.2, 0.25) is 5.82 Å². The van der Waals surface area contributed by atoms with Crippen molar-refractivity contribution < 1.29 is 26.4 Å². The number of benzene rings is 2. The lowest BCUT2D eigenvalue weighted by Crippen LogP contribution is -2.49. The third kappa shape index (κ3) is 5.94. The number of sulfone groups is 1. The number of nitrogens with zero attached hydrogens (tertiary/aromatic N) is 3. The molecular weight excluding hydrogens is 519 g/mol. The lowest BCUT2D eigenvalue weighted by Gasteiger charge is -2.37. The number of carbonyl (C=O) groups excluding carboxylic acids is 1. The van der Waals surface area contributed by atoms with Crippen LogP contribution in [0.3, 0.4) is 0 Å². The van der Waals surface area contributed by atoms with Crippen molar-refractivity contribution in [3.63, 3.8) is 0 Å². The summed E-state index contributed by atoms with van der Waals surface area (Å²) in [6.07, 6.45) is 1.39. The molecule has 12 heteroatoms. The van der Waals surface area contributed by atoms with Crippen molar-refractivity contribution in [3.05, 3.63) is 71.8 Å². The number of halogens is 3. The van der Waals surface area contributed by atoms with Gasteiger partial charge in [-0.05, 0) is 54.3 Å². The van der Waals surface area contributed by atoms with Gasteiger partial charge in [-0.1, -0.05) is 37.5 Å². The third-order valence-corrected chi connectivity index (χ3v) is 7.61. The number of rotatable bonds is 5. The zero-order valence-electron chi connectivity index (χ0n) is 20.3. The quantitative estimate of drug-likeness (QED) is 0.443. The van der Waals surface area contributed by atoms with Crippen LogP contribution in [0, 0.1) is 11.3 Å². The maximum atomic E-state index is 14.0. The van der Waals surface area contributed by atoms with Gasteiger partial charge in [-0.3, -0.25) is 0 Å². The Morgan fingerprint density at radius 3 is 2.34 bits per heavy atom. The number of urea groups is 1. The Bertz CT molecular complexity index is 1490. The van der Waals surface area contributed by atoms with Crippen LogP contribution in [0.5, 0.6) is 0 Å². The van der Waals surface area contributed by atoms with Crippen LogP contribution in [0.2, 0.25) is 0 Å². The minimum Gasteiger partial charge on any atom is -0.327 e. The number of hydrogen-bond donors (Lipinski definition) is 2. The number of amides is 2. The Kier molecular flexibility index (Phi) is 7.42. The van der Waals surface area contributed by atoms with Crippen LogP contribution >= 0.6 is 0 Å². The van der Waals surface area contributed by atoms with Crippen LogP contribution in [0.15, 0.2) is 59.6 Å². The summed E-state index contributed by atoms with van der Waals surface area (Å²) in [6.45, 7) is 0. The summed E-state index contributed by atoms with van der Waals surface area (Å²) in [5.41, 5.74) is -1.44. The molecule has 0 aliphatic heterocycles. The lowest BCUT2D eigenvalue weighted by atomic mass is 9.79. The largest absolute Gasteiger partial charge is 0.417 e. The van der Waals surface area contributed by atoms with Gasteiger partial charge in [0.05, 0.1) is 21.7 Å². The highest BCUT2D eigenvalue weighted by atomic mass is 32.2. The van der Waals surface area contributed by atoms with Gasteiger partial charge in [0, 0.05) is 18.1 Å². The molecule has 1 aromatic heterocycles. The average molecular weight is 544 g/mol. The minimum atomic E-state index is -4.74. The first-order valence-electron chi connectivity index (χ1n) is 11.8. The molecule has 2 aromatic carbocycles. The third-order valence-electron chi connectivity index (χ3n) is 6.48. The first-order valence-corrected chi connectivity index (χ1v) is 13.6. The molecule has 1 fully saturated rings. The molecule has 0 radical (unpaired) electrons. The Morgan fingerprint density at radius 2 is 1.74 bits per heavy atom. The van der Waals surface area contributed by atoms with Crippen LogP contribution in [-0.4, -0.2) is 30.7 Å². The van der Waals surface area contributed by atoms with E-state index in [2.05, 4.69) is 20.6 Å². The zero-order chi connectivity index (χ0) is 27.6. The van der Waals surface area contributed by atoms with Crippen molar-refractivity contribution in [1.82, 2.24) is 15.3 Å². The Morgan fingerprint density at radius 1 is 1.05 bits per heavy atom. The molecule has 1 heterocycles. The van der Waals surface area contributed by atoms with Crippen molar-refractivity contribution in [2.75, 3.05) is 11.6 Å². The molecule has 0 unspecified atom stereocenters. The Hall–Kier alpha value is -3.98. The lowest BCUT2D eigenvalue weighted by molar-refractivity contribution is -0.137. The fourth-order valence-corrected chi connectivity index (χ4v) is 5.28. The summed E-state index contributed by atoms with van der Waals surface area (Å²) in [4.78, 5) is 21.1. The second-order valence-corrected chi connectivity index (χ2v) is 11.2. The van der Waals surface area contributed by atoms with Crippen LogP contribution < -0.4 is 10.6 Å². The smallest absolute Gasteiger partial charge is 0.327 e. The van der Waals surface area contributed by atoms with Crippen LogP contribution in [0.4, 0.5) is 23.7 Å². The molecule has 0 saturated heterocycles. The van der Waals surface area contributed by atoms with Gasteiger partial charge in [0.25, 0.3) is 0 Å². The van der Waals surface area contributed by atoms with Gasteiger partial charge in [0.1, 0.15) is 6.07 Å². The van der Waals surface area contributed by atoms with Crippen molar-refractivity contribution >= 4 is 21.6 Å². The van der Waals surface area contributed by atoms with Gasteiger partial charge < -0.3 is 10.6 Å². The molecule has 2 N–H and O–H groups in total. The summed E-state index contributed by atoms with van der Waals surface area (Å²) < 4.78 is 65.3. The predicted octanol–water partition coefficient (Wildman–Crippen LogP) is 5.42. The highest BCUT2D eigenvalue weighted by Gasteiger charge is 2.38. The molecule has 198 valence electrons. The topological polar surface area (TPSA) is 125 Å². The highest BCUT2D eigenvalue weighted by Crippen LogP contribution is 2.39. The number of anilines is 1. The number of hydrogen-bond acceptors (Lipinski definition) is 6. The van der Waals surface area contributed by atoms with Crippen molar-refractivity contribution in [2.24, 2.45) is 0 Å². The molecule has 8 nitrogen and oxygen atoms in total. The maximum Gasteiger partial charge on any atom is 0.417 e. The number of carbonyl (C=O) groups is 1. The van der Waals surface area contributed by atoms with E-state index in [1.54, 1.807) is 6.07 Å². The van der Waals surface area contributed by atoms with Gasteiger partial charge in [-0.15, -0.1) is 0 Å². The van der Waals surface area contributed by atoms with Crippen molar-refractivity contribution in [3.8, 4) is 17.2 Å². The highest BCUT2D eigenvalue weighted by molar-refractivity contribution is 7.90. The van der Waals surface area contributed by atoms with Crippen LogP contribution in [0.25, 0.3) is 11.1 Å². The Labute approximate surface area is 217 Å².